The number of rotatable bonds is 5. The van der Waals surface area contributed by atoms with E-state index in [0.717, 1.165) is 4.68 Å². The fraction of sp³-hybridized carbons (Fsp3) is 0.231. The van der Waals surface area contributed by atoms with Gasteiger partial charge in [0, 0.05) is 17.6 Å². The minimum Gasteiger partial charge on any atom is -0.360 e. The first-order valence-corrected chi connectivity index (χ1v) is 9.04. The monoisotopic (exact) mass is 396 g/mol. The van der Waals surface area contributed by atoms with Crippen molar-refractivity contribution in [3.8, 4) is 5.88 Å². The SMILES string of the molecule is Cc1nn(C)c(OS(=O)(=O)CCl)c1C(=O)c1ccc(Cl)cc1Cl. The molecular weight excluding hydrogens is 387 g/mol. The fourth-order valence-electron chi connectivity index (χ4n) is 1.94. The molecule has 23 heavy (non-hydrogen) atoms. The maximum Gasteiger partial charge on any atom is 0.324 e. The maximum absolute atomic E-state index is 12.7. The molecule has 6 nitrogen and oxygen atoms in total. The van der Waals surface area contributed by atoms with Crippen molar-refractivity contribution in [1.82, 2.24) is 9.78 Å². The van der Waals surface area contributed by atoms with Gasteiger partial charge in [-0.05, 0) is 25.1 Å². The van der Waals surface area contributed by atoms with Crippen LogP contribution in [0.4, 0.5) is 0 Å². The summed E-state index contributed by atoms with van der Waals surface area (Å²) >= 11 is 17.2. The van der Waals surface area contributed by atoms with E-state index >= 15 is 0 Å². The molecule has 0 aliphatic carbocycles. The van der Waals surface area contributed by atoms with E-state index in [9.17, 15) is 13.2 Å². The van der Waals surface area contributed by atoms with Crippen molar-refractivity contribution < 1.29 is 17.4 Å². The summed E-state index contributed by atoms with van der Waals surface area (Å²) in [5.41, 5.74) is 0.439. The second-order valence-electron chi connectivity index (χ2n) is 4.59. The number of benzene rings is 1. The lowest BCUT2D eigenvalue weighted by atomic mass is 10.0. The van der Waals surface area contributed by atoms with Crippen molar-refractivity contribution in [3.63, 3.8) is 0 Å². The van der Waals surface area contributed by atoms with Gasteiger partial charge >= 0.3 is 10.1 Å². The third-order valence-corrected chi connectivity index (χ3v) is 4.94. The lowest BCUT2D eigenvalue weighted by Gasteiger charge is -2.08. The molecule has 0 amide bonds. The van der Waals surface area contributed by atoms with Gasteiger partial charge in [-0.2, -0.15) is 13.5 Å². The number of halogens is 3. The Kier molecular flexibility index (Phi) is 5.25. The number of carbonyl (C=O) groups excluding carboxylic acids is 1. The van der Waals surface area contributed by atoms with Gasteiger partial charge in [-0.25, -0.2) is 4.68 Å². The van der Waals surface area contributed by atoms with Gasteiger partial charge in [-0.15, -0.1) is 11.6 Å². The lowest BCUT2D eigenvalue weighted by Crippen LogP contribution is -2.15. The first kappa shape index (κ1) is 18.1. The van der Waals surface area contributed by atoms with Crippen LogP contribution >= 0.6 is 34.8 Å². The van der Waals surface area contributed by atoms with Gasteiger partial charge in [-0.3, -0.25) is 4.79 Å². The molecule has 0 saturated carbocycles. The van der Waals surface area contributed by atoms with Gasteiger partial charge in [0.05, 0.1) is 10.7 Å². The number of alkyl halides is 1. The van der Waals surface area contributed by atoms with Crippen LogP contribution in [-0.4, -0.2) is 29.2 Å². The Morgan fingerprint density at radius 1 is 1.35 bits per heavy atom. The number of carbonyl (C=O) groups is 1. The van der Waals surface area contributed by atoms with Gasteiger partial charge in [-0.1, -0.05) is 23.2 Å². The molecule has 0 bridgehead atoms. The van der Waals surface area contributed by atoms with E-state index in [-0.39, 0.29) is 22.0 Å². The van der Waals surface area contributed by atoms with Crippen LogP contribution < -0.4 is 4.18 Å². The number of ketones is 1. The fourth-order valence-corrected chi connectivity index (χ4v) is 3.05. The highest BCUT2D eigenvalue weighted by molar-refractivity contribution is 7.88. The lowest BCUT2D eigenvalue weighted by molar-refractivity contribution is 0.103. The van der Waals surface area contributed by atoms with E-state index in [4.69, 9.17) is 39.0 Å². The van der Waals surface area contributed by atoms with Crippen LogP contribution in [0.25, 0.3) is 0 Å². The summed E-state index contributed by atoms with van der Waals surface area (Å²) in [5, 5.41) is 3.77. The number of nitrogens with zero attached hydrogens (tertiary/aromatic N) is 2. The molecule has 2 aromatic rings. The van der Waals surface area contributed by atoms with Crippen molar-refractivity contribution in [2.75, 3.05) is 5.21 Å². The molecular formula is C13H11Cl3N2O4S. The molecule has 10 heteroatoms. The Morgan fingerprint density at radius 2 is 2.00 bits per heavy atom. The number of aryl methyl sites for hydroxylation is 2. The standard InChI is InChI=1S/C13H11Cl3N2O4S/c1-7-11(12(19)9-4-3-8(15)5-10(9)16)13(18(2)17-7)22-23(20,21)6-14/h3-5H,6H2,1-2H3. The highest BCUT2D eigenvalue weighted by Gasteiger charge is 2.27. The largest absolute Gasteiger partial charge is 0.360 e. The second-order valence-corrected chi connectivity index (χ2v) is 7.59. The molecule has 1 aromatic heterocycles. The molecule has 0 spiro atoms. The van der Waals surface area contributed by atoms with Crippen molar-refractivity contribution in [1.29, 1.82) is 0 Å². The Labute approximate surface area is 148 Å². The van der Waals surface area contributed by atoms with Crippen LogP contribution in [0.15, 0.2) is 18.2 Å². The predicted octanol–water partition coefficient (Wildman–Crippen LogP) is 3.17. The van der Waals surface area contributed by atoms with Gasteiger partial charge < -0.3 is 4.18 Å². The second kappa shape index (κ2) is 6.68. The molecule has 0 radical (unpaired) electrons. The zero-order valence-electron chi connectivity index (χ0n) is 12.0. The zero-order valence-corrected chi connectivity index (χ0v) is 15.1. The number of aromatic nitrogens is 2. The average Bonchev–Trinajstić information content (AvgIpc) is 2.72. The van der Waals surface area contributed by atoms with Gasteiger partial charge in [0.1, 0.15) is 5.56 Å². The van der Waals surface area contributed by atoms with Crippen molar-refractivity contribution in [2.45, 2.75) is 6.92 Å². The van der Waals surface area contributed by atoms with E-state index in [1.54, 1.807) is 6.92 Å². The van der Waals surface area contributed by atoms with E-state index < -0.39 is 21.1 Å². The van der Waals surface area contributed by atoms with E-state index in [1.807, 2.05) is 0 Å². The summed E-state index contributed by atoms with van der Waals surface area (Å²) in [7, 11) is -2.59. The summed E-state index contributed by atoms with van der Waals surface area (Å²) in [4.78, 5) is 12.7. The molecule has 0 unspecified atom stereocenters. The number of hydrogen-bond acceptors (Lipinski definition) is 5. The molecule has 1 aromatic carbocycles. The zero-order chi connectivity index (χ0) is 17.4. The van der Waals surface area contributed by atoms with Crippen molar-refractivity contribution >= 4 is 50.7 Å². The third-order valence-electron chi connectivity index (χ3n) is 2.91. The molecule has 2 rings (SSSR count). The van der Waals surface area contributed by atoms with Crippen LogP contribution in [0, 0.1) is 6.92 Å². The van der Waals surface area contributed by atoms with Gasteiger partial charge in [0.25, 0.3) is 0 Å². The summed E-state index contributed by atoms with van der Waals surface area (Å²) in [6, 6.07) is 4.36. The number of hydrogen-bond donors (Lipinski definition) is 0. The van der Waals surface area contributed by atoms with E-state index in [1.165, 1.54) is 25.2 Å². The van der Waals surface area contributed by atoms with Gasteiger partial charge in [0.15, 0.2) is 5.21 Å². The summed E-state index contributed by atoms with van der Waals surface area (Å²) in [5.74, 6) is -0.754. The van der Waals surface area contributed by atoms with E-state index in [2.05, 4.69) is 5.10 Å². The van der Waals surface area contributed by atoms with Crippen LogP contribution in [0.3, 0.4) is 0 Å². The first-order chi connectivity index (χ1) is 10.7. The smallest absolute Gasteiger partial charge is 0.324 e. The highest BCUT2D eigenvalue weighted by Crippen LogP contribution is 2.30. The first-order valence-electron chi connectivity index (χ1n) is 6.17. The van der Waals surface area contributed by atoms with Crippen LogP contribution in [0.5, 0.6) is 5.88 Å². The van der Waals surface area contributed by atoms with Gasteiger partial charge in [0.2, 0.25) is 11.7 Å². The molecule has 0 N–H and O–H groups in total. The molecule has 0 fully saturated rings. The normalized spacial score (nSPS) is 11.5. The molecule has 1 heterocycles. The Morgan fingerprint density at radius 3 is 2.57 bits per heavy atom. The van der Waals surface area contributed by atoms with Crippen LogP contribution in [-0.2, 0) is 17.2 Å². The highest BCUT2D eigenvalue weighted by atomic mass is 35.5. The Hall–Kier alpha value is -1.28. The summed E-state index contributed by atoms with van der Waals surface area (Å²) < 4.78 is 29.2. The molecule has 0 aliphatic heterocycles. The van der Waals surface area contributed by atoms with Crippen LogP contribution in [0.2, 0.25) is 10.0 Å². The minimum absolute atomic E-state index is 0.00888. The average molecular weight is 398 g/mol. The van der Waals surface area contributed by atoms with E-state index in [0.29, 0.717) is 10.7 Å². The quantitative estimate of drug-likeness (QED) is 0.440. The summed E-state index contributed by atoms with van der Waals surface area (Å²) in [6.07, 6.45) is 0. The molecule has 0 atom stereocenters. The molecule has 0 saturated heterocycles. The van der Waals surface area contributed by atoms with Crippen molar-refractivity contribution in [3.05, 3.63) is 45.1 Å². The van der Waals surface area contributed by atoms with Crippen LogP contribution in [0.1, 0.15) is 21.6 Å². The van der Waals surface area contributed by atoms with Crippen molar-refractivity contribution in [2.24, 2.45) is 7.05 Å². The Balaban J connectivity index is 2.57. The molecule has 124 valence electrons. The predicted molar refractivity (Wildman–Crippen MR) is 88.1 cm³/mol. The topological polar surface area (TPSA) is 78.3 Å². The minimum atomic E-state index is -4.04. The molecule has 0 aliphatic rings. The Bertz CT molecular complexity index is 878. The third kappa shape index (κ3) is 3.80. The maximum atomic E-state index is 12.7. The summed E-state index contributed by atoms with van der Waals surface area (Å²) in [6.45, 7) is 1.55.